The Morgan fingerprint density at radius 2 is 1.65 bits per heavy atom. The van der Waals surface area contributed by atoms with E-state index in [4.69, 9.17) is 17.0 Å². The van der Waals surface area contributed by atoms with E-state index >= 15 is 0 Å². The highest BCUT2D eigenvalue weighted by Crippen LogP contribution is 2.29. The van der Waals surface area contributed by atoms with Crippen molar-refractivity contribution >= 4 is 58.0 Å². The molecule has 6 nitrogen and oxygen atoms in total. The number of para-hydroxylation sites is 1. The number of benzene rings is 3. The number of hydrogen-bond donors (Lipinski definition) is 3. The van der Waals surface area contributed by atoms with Gasteiger partial charge in [-0.05, 0) is 68.0 Å². The van der Waals surface area contributed by atoms with Gasteiger partial charge in [-0.25, -0.2) is 4.79 Å². The van der Waals surface area contributed by atoms with Crippen molar-refractivity contribution in [3.63, 3.8) is 0 Å². The average molecular weight is 494 g/mol. The van der Waals surface area contributed by atoms with Gasteiger partial charge in [-0.1, -0.05) is 42.8 Å². The molecule has 1 atom stereocenters. The van der Waals surface area contributed by atoms with E-state index in [1.165, 1.54) is 24.4 Å². The van der Waals surface area contributed by atoms with E-state index in [9.17, 15) is 9.59 Å². The smallest absolute Gasteiger partial charge is 0.339 e. The van der Waals surface area contributed by atoms with E-state index in [0.717, 1.165) is 16.3 Å². The number of carbonyl (C=O) groups is 2. The molecule has 176 valence electrons. The Labute approximate surface area is 209 Å². The summed E-state index contributed by atoms with van der Waals surface area (Å²) in [7, 11) is 1.31. The number of anilines is 3. The van der Waals surface area contributed by atoms with Crippen molar-refractivity contribution in [1.82, 2.24) is 0 Å². The Hall–Kier alpha value is -3.36. The van der Waals surface area contributed by atoms with Crippen LogP contribution in [0.4, 0.5) is 17.1 Å². The third kappa shape index (κ3) is 7.07. The number of thioether (sulfide) groups is 1. The van der Waals surface area contributed by atoms with Crippen molar-refractivity contribution in [2.75, 3.05) is 23.1 Å². The third-order valence-electron chi connectivity index (χ3n) is 4.93. The maximum Gasteiger partial charge on any atom is 0.339 e. The lowest BCUT2D eigenvalue weighted by atomic mass is 10.1. The summed E-state index contributed by atoms with van der Waals surface area (Å²) < 4.78 is 4.81. The first-order chi connectivity index (χ1) is 16.4. The normalized spacial score (nSPS) is 11.3. The first kappa shape index (κ1) is 25.3. The molecule has 0 bridgehead atoms. The Kier molecular flexibility index (Phi) is 9.07. The number of ether oxygens (including phenoxy) is 1. The van der Waals surface area contributed by atoms with Crippen LogP contribution in [0.3, 0.4) is 0 Å². The fourth-order valence-electron chi connectivity index (χ4n) is 3.16. The number of hydrogen-bond acceptors (Lipinski definition) is 5. The molecule has 1 amide bonds. The monoisotopic (exact) mass is 493 g/mol. The molecule has 34 heavy (non-hydrogen) atoms. The topological polar surface area (TPSA) is 79.5 Å². The highest BCUT2D eigenvalue weighted by atomic mass is 32.2. The number of carbonyl (C=O) groups excluding carboxylic acids is 2. The number of methoxy groups -OCH3 is 1. The van der Waals surface area contributed by atoms with E-state index < -0.39 is 5.97 Å². The van der Waals surface area contributed by atoms with Gasteiger partial charge in [-0.15, -0.1) is 11.8 Å². The molecule has 0 heterocycles. The highest BCUT2D eigenvalue weighted by Gasteiger charge is 2.21. The summed E-state index contributed by atoms with van der Waals surface area (Å²) in [5, 5.41) is 9.35. The second-order valence-electron chi connectivity index (χ2n) is 7.51. The minimum atomic E-state index is -0.495. The molecule has 0 saturated carbocycles. The molecule has 0 radical (unpaired) electrons. The Balaban J connectivity index is 1.64. The second kappa shape index (κ2) is 12.2. The van der Waals surface area contributed by atoms with Crippen molar-refractivity contribution < 1.29 is 14.3 Å². The molecule has 0 aliphatic carbocycles. The fraction of sp³-hybridized carbons (Fsp3) is 0.192. The van der Waals surface area contributed by atoms with E-state index in [1.54, 1.807) is 24.3 Å². The summed E-state index contributed by atoms with van der Waals surface area (Å²) in [6, 6.07) is 22.5. The van der Waals surface area contributed by atoms with Crippen LogP contribution in [0.1, 0.15) is 29.3 Å². The summed E-state index contributed by atoms with van der Waals surface area (Å²) >= 11 is 6.88. The van der Waals surface area contributed by atoms with E-state index in [2.05, 4.69) is 16.0 Å². The molecule has 0 spiro atoms. The van der Waals surface area contributed by atoms with E-state index in [1.807, 2.05) is 62.4 Å². The zero-order valence-corrected chi connectivity index (χ0v) is 20.9. The maximum atomic E-state index is 13.0. The fourth-order valence-corrected chi connectivity index (χ4v) is 4.41. The van der Waals surface area contributed by atoms with Gasteiger partial charge in [0.25, 0.3) is 0 Å². The van der Waals surface area contributed by atoms with Gasteiger partial charge in [-0.3, -0.25) is 4.79 Å². The van der Waals surface area contributed by atoms with Crippen LogP contribution in [-0.4, -0.2) is 29.3 Å². The minimum Gasteiger partial charge on any atom is -0.465 e. The Morgan fingerprint density at radius 3 is 2.35 bits per heavy atom. The molecule has 0 fully saturated rings. The van der Waals surface area contributed by atoms with Crippen molar-refractivity contribution in [3.8, 4) is 0 Å². The largest absolute Gasteiger partial charge is 0.465 e. The molecule has 3 aromatic carbocycles. The molecule has 3 N–H and O–H groups in total. The maximum absolute atomic E-state index is 13.0. The molecule has 3 aromatic rings. The number of thiocarbonyl (C=S) groups is 1. The van der Waals surface area contributed by atoms with Gasteiger partial charge in [0.1, 0.15) is 0 Å². The Morgan fingerprint density at radius 1 is 0.941 bits per heavy atom. The number of esters is 1. The van der Waals surface area contributed by atoms with E-state index in [-0.39, 0.29) is 11.2 Å². The van der Waals surface area contributed by atoms with Gasteiger partial charge in [0.15, 0.2) is 5.11 Å². The third-order valence-corrected chi connectivity index (χ3v) is 6.50. The first-order valence-corrected chi connectivity index (χ1v) is 12.1. The molecule has 1 unspecified atom stereocenters. The van der Waals surface area contributed by atoms with Crippen molar-refractivity contribution in [1.29, 1.82) is 0 Å². The summed E-state index contributed by atoms with van der Waals surface area (Å²) in [6.07, 6.45) is 0.613. The highest BCUT2D eigenvalue weighted by molar-refractivity contribution is 8.00. The zero-order chi connectivity index (χ0) is 24.5. The van der Waals surface area contributed by atoms with Crippen LogP contribution in [0, 0.1) is 6.92 Å². The lowest BCUT2D eigenvalue weighted by Crippen LogP contribution is -2.25. The summed E-state index contributed by atoms with van der Waals surface area (Å²) in [5.74, 6) is -0.677. The SMILES string of the molecule is CCC(Sc1cccc(NC(=S)Nc2ccc(C)cc2)c1)C(=O)Nc1ccccc1C(=O)OC. The predicted octanol–water partition coefficient (Wildman–Crippen LogP) is 6.10. The van der Waals surface area contributed by atoms with Crippen molar-refractivity contribution in [2.45, 2.75) is 30.4 Å². The number of nitrogens with one attached hydrogen (secondary N) is 3. The van der Waals surface area contributed by atoms with Crippen LogP contribution in [-0.2, 0) is 9.53 Å². The number of amides is 1. The molecular weight excluding hydrogens is 466 g/mol. The van der Waals surface area contributed by atoms with Gasteiger partial charge in [0, 0.05) is 16.3 Å². The standard InChI is InChI=1S/C26H27N3O3S2/c1-4-23(24(30)29-22-11-6-5-10-21(22)25(31)32-3)34-20-9-7-8-19(16-20)28-26(33)27-18-14-12-17(2)13-15-18/h5-16,23H,4H2,1-3H3,(H,29,30)(H2,27,28,33). The van der Waals surface area contributed by atoms with Gasteiger partial charge >= 0.3 is 5.97 Å². The predicted molar refractivity (Wildman–Crippen MR) is 144 cm³/mol. The lowest BCUT2D eigenvalue weighted by Gasteiger charge is -2.17. The molecule has 0 aliphatic heterocycles. The summed E-state index contributed by atoms with van der Waals surface area (Å²) in [4.78, 5) is 25.9. The van der Waals surface area contributed by atoms with Crippen molar-refractivity contribution in [3.05, 3.63) is 83.9 Å². The summed E-state index contributed by atoms with van der Waals surface area (Å²) in [6.45, 7) is 3.98. The molecule has 0 aromatic heterocycles. The van der Waals surface area contributed by atoms with Crippen LogP contribution in [0.25, 0.3) is 0 Å². The van der Waals surface area contributed by atoms with Gasteiger partial charge in [0.05, 0.1) is 23.6 Å². The van der Waals surface area contributed by atoms with Crippen LogP contribution < -0.4 is 16.0 Å². The lowest BCUT2D eigenvalue weighted by molar-refractivity contribution is -0.115. The molecule has 0 saturated heterocycles. The zero-order valence-electron chi connectivity index (χ0n) is 19.3. The number of rotatable bonds is 8. The van der Waals surface area contributed by atoms with Crippen LogP contribution in [0.5, 0.6) is 0 Å². The minimum absolute atomic E-state index is 0.182. The average Bonchev–Trinajstić information content (AvgIpc) is 2.84. The van der Waals surface area contributed by atoms with Crippen LogP contribution in [0.2, 0.25) is 0 Å². The quantitative estimate of drug-likeness (QED) is 0.199. The van der Waals surface area contributed by atoms with Crippen LogP contribution >= 0.6 is 24.0 Å². The van der Waals surface area contributed by atoms with Gasteiger partial charge in [0.2, 0.25) is 5.91 Å². The molecule has 3 rings (SSSR count). The van der Waals surface area contributed by atoms with Gasteiger partial charge in [-0.2, -0.15) is 0 Å². The second-order valence-corrected chi connectivity index (χ2v) is 9.20. The Bertz CT molecular complexity index is 1170. The van der Waals surface area contributed by atoms with Crippen molar-refractivity contribution in [2.24, 2.45) is 0 Å². The molecule has 8 heteroatoms. The molecular formula is C26H27N3O3S2. The van der Waals surface area contributed by atoms with Crippen LogP contribution in [0.15, 0.2) is 77.7 Å². The van der Waals surface area contributed by atoms with Gasteiger partial charge < -0.3 is 20.7 Å². The first-order valence-electron chi connectivity index (χ1n) is 10.8. The molecule has 0 aliphatic rings. The van der Waals surface area contributed by atoms with E-state index in [0.29, 0.717) is 22.8 Å². The number of aryl methyl sites for hydroxylation is 1. The summed E-state index contributed by atoms with van der Waals surface area (Å²) in [5.41, 5.74) is 3.65.